The first-order valence-corrected chi connectivity index (χ1v) is 13.7. The first-order chi connectivity index (χ1) is 21.5. The molecule has 0 fully saturated rings. The van der Waals surface area contributed by atoms with Crippen molar-refractivity contribution in [3.8, 4) is 39.8 Å². The first-order valence-electron chi connectivity index (χ1n) is 13.7. The van der Waals surface area contributed by atoms with Crippen molar-refractivity contribution in [1.82, 2.24) is 15.1 Å². The molecule has 0 aliphatic rings. The molecule has 224 valence electrons. The van der Waals surface area contributed by atoms with E-state index in [1.165, 1.54) is 16.7 Å². The molecule has 4 aromatic carbocycles. The normalized spacial score (nSPS) is 10.5. The van der Waals surface area contributed by atoms with Crippen LogP contribution in [0.3, 0.4) is 0 Å². The number of hydrogen-bond donors (Lipinski definition) is 1. The zero-order valence-electron chi connectivity index (χ0n) is 24.8. The fourth-order valence-corrected chi connectivity index (χ4v) is 4.77. The number of aromatic nitrogens is 2. The highest BCUT2D eigenvalue weighted by molar-refractivity contribution is 6.00. The Morgan fingerprint density at radius 2 is 1.34 bits per heavy atom. The Labute approximate surface area is 255 Å². The summed E-state index contributed by atoms with van der Waals surface area (Å²) in [5, 5.41) is 7.23. The van der Waals surface area contributed by atoms with Crippen LogP contribution in [0, 0.1) is 0 Å². The second-order valence-corrected chi connectivity index (χ2v) is 9.57. The Kier molecular flexibility index (Phi) is 9.10. The number of ether oxygens (including phenoxy) is 4. The fourth-order valence-electron chi connectivity index (χ4n) is 4.77. The van der Waals surface area contributed by atoms with Crippen LogP contribution in [0.1, 0.15) is 5.56 Å². The lowest BCUT2D eigenvalue weighted by Gasteiger charge is -2.25. The Balaban J connectivity index is 1.48. The van der Waals surface area contributed by atoms with E-state index < -0.39 is 0 Å². The van der Waals surface area contributed by atoms with E-state index in [1.54, 1.807) is 82.1 Å². The molecule has 0 unspecified atom stereocenters. The monoisotopic (exact) mass is 592 g/mol. The molecule has 0 saturated carbocycles. The third-order valence-corrected chi connectivity index (χ3v) is 7.00. The van der Waals surface area contributed by atoms with E-state index in [1.807, 2.05) is 42.5 Å². The zero-order chi connectivity index (χ0) is 31.1. The predicted molar refractivity (Wildman–Crippen MR) is 169 cm³/mol. The van der Waals surface area contributed by atoms with Gasteiger partial charge in [0.05, 0.1) is 51.1 Å². The van der Waals surface area contributed by atoms with E-state index in [9.17, 15) is 9.59 Å². The Hall–Kier alpha value is -5.77. The smallest absolute Gasteiger partial charge is 0.326 e. The summed E-state index contributed by atoms with van der Waals surface area (Å²) < 4.78 is 23.0. The van der Waals surface area contributed by atoms with Crippen LogP contribution in [0.15, 0.2) is 108 Å². The predicted octanol–water partition coefficient (Wildman–Crippen LogP) is 5.98. The molecule has 10 nitrogen and oxygen atoms in total. The van der Waals surface area contributed by atoms with Gasteiger partial charge in [-0.3, -0.25) is 9.69 Å². The number of nitrogens with one attached hydrogen (secondary N) is 1. The molecule has 0 aliphatic heterocycles. The number of hydrogen-bond acceptors (Lipinski definition) is 7. The van der Waals surface area contributed by atoms with Gasteiger partial charge in [0.25, 0.3) is 5.56 Å². The highest BCUT2D eigenvalue weighted by Crippen LogP contribution is 2.35. The highest BCUT2D eigenvalue weighted by atomic mass is 16.5. The summed E-state index contributed by atoms with van der Waals surface area (Å²) in [5.41, 5.74) is 3.53. The number of nitrogens with zero attached hydrogens (tertiary/aromatic N) is 3. The van der Waals surface area contributed by atoms with E-state index in [0.717, 1.165) is 5.56 Å². The van der Waals surface area contributed by atoms with Gasteiger partial charge in [0.1, 0.15) is 0 Å². The van der Waals surface area contributed by atoms with Crippen molar-refractivity contribution in [1.29, 1.82) is 0 Å². The zero-order valence-corrected chi connectivity index (χ0v) is 24.8. The number of carbonyl (C=O) groups excluding carboxylic acids is 1. The lowest BCUT2D eigenvalue weighted by atomic mass is 10.1. The van der Waals surface area contributed by atoms with Gasteiger partial charge in [-0.25, -0.2) is 4.79 Å². The molecule has 1 heterocycles. The molecule has 0 bridgehead atoms. The van der Waals surface area contributed by atoms with Crippen LogP contribution in [0.25, 0.3) is 16.8 Å². The summed E-state index contributed by atoms with van der Waals surface area (Å²) in [6, 6.07) is 28.4. The molecule has 5 aromatic rings. The van der Waals surface area contributed by atoms with Gasteiger partial charge in [-0.2, -0.15) is 9.78 Å². The number of benzene rings is 4. The van der Waals surface area contributed by atoms with Crippen LogP contribution in [-0.2, 0) is 6.54 Å². The standard InChI is InChI=1S/C34H32N4O6/c1-41-29-16-10-23(20-31(29)43-3)22-35-34(40)37(27-15-17-30(42-2)32(21-27)44-4)25-13-11-24(12-14-25)28-18-19-36-38(33(28)39)26-8-6-5-7-9-26/h5-21H,22H2,1-4H3,(H,35,40). The minimum atomic E-state index is -0.380. The molecular weight excluding hydrogens is 560 g/mol. The maximum absolute atomic E-state index is 13.8. The Morgan fingerprint density at radius 1 is 0.727 bits per heavy atom. The molecule has 0 radical (unpaired) electrons. The van der Waals surface area contributed by atoms with Crippen LogP contribution in [-0.4, -0.2) is 44.3 Å². The highest BCUT2D eigenvalue weighted by Gasteiger charge is 2.21. The van der Waals surface area contributed by atoms with E-state index >= 15 is 0 Å². The SMILES string of the molecule is COc1ccc(CNC(=O)N(c2ccc(-c3ccnn(-c4ccccc4)c3=O)cc2)c2ccc(OC)c(OC)c2)cc1OC. The third-order valence-electron chi connectivity index (χ3n) is 7.00. The number of anilines is 2. The fraction of sp³-hybridized carbons (Fsp3) is 0.147. The average molecular weight is 593 g/mol. The van der Waals surface area contributed by atoms with Gasteiger partial charge in [-0.05, 0) is 65.7 Å². The second kappa shape index (κ2) is 13.5. The quantitative estimate of drug-likeness (QED) is 0.213. The Bertz CT molecular complexity index is 1810. The summed E-state index contributed by atoms with van der Waals surface area (Å²) in [6.07, 6.45) is 1.59. The van der Waals surface area contributed by atoms with Gasteiger partial charge >= 0.3 is 6.03 Å². The molecule has 0 spiro atoms. The first kappa shape index (κ1) is 29.7. The van der Waals surface area contributed by atoms with Crippen molar-refractivity contribution < 1.29 is 23.7 Å². The summed E-state index contributed by atoms with van der Waals surface area (Å²) in [7, 11) is 6.22. The maximum atomic E-state index is 13.8. The molecule has 0 aliphatic carbocycles. The largest absolute Gasteiger partial charge is 0.493 e. The summed E-state index contributed by atoms with van der Waals surface area (Å²) >= 11 is 0. The van der Waals surface area contributed by atoms with Gasteiger partial charge in [0, 0.05) is 18.8 Å². The summed E-state index contributed by atoms with van der Waals surface area (Å²) in [4.78, 5) is 28.7. The van der Waals surface area contributed by atoms with E-state index in [0.29, 0.717) is 51.2 Å². The van der Waals surface area contributed by atoms with Gasteiger partial charge in [-0.1, -0.05) is 36.4 Å². The minimum Gasteiger partial charge on any atom is -0.493 e. The van der Waals surface area contributed by atoms with Crippen LogP contribution < -0.4 is 34.7 Å². The van der Waals surface area contributed by atoms with Crippen LogP contribution in [0.2, 0.25) is 0 Å². The van der Waals surface area contributed by atoms with Crippen molar-refractivity contribution >= 4 is 17.4 Å². The maximum Gasteiger partial charge on any atom is 0.326 e. The van der Waals surface area contributed by atoms with Gasteiger partial charge < -0.3 is 24.3 Å². The number of rotatable bonds is 10. The molecule has 10 heteroatoms. The van der Waals surface area contributed by atoms with Crippen LogP contribution in [0.5, 0.6) is 23.0 Å². The van der Waals surface area contributed by atoms with E-state index in [2.05, 4.69) is 10.4 Å². The number of carbonyl (C=O) groups is 1. The molecule has 2 amide bonds. The van der Waals surface area contributed by atoms with E-state index in [4.69, 9.17) is 18.9 Å². The summed E-state index contributed by atoms with van der Waals surface area (Å²) in [5.74, 6) is 2.16. The third kappa shape index (κ3) is 6.19. The second-order valence-electron chi connectivity index (χ2n) is 9.57. The lowest BCUT2D eigenvalue weighted by molar-refractivity contribution is 0.248. The van der Waals surface area contributed by atoms with Crippen molar-refractivity contribution in [2.75, 3.05) is 33.3 Å². The Morgan fingerprint density at radius 3 is 2.00 bits per heavy atom. The van der Waals surface area contributed by atoms with Gasteiger partial charge in [0.2, 0.25) is 0 Å². The minimum absolute atomic E-state index is 0.233. The van der Waals surface area contributed by atoms with Crippen LogP contribution >= 0.6 is 0 Å². The molecule has 5 rings (SSSR count). The molecular formula is C34H32N4O6. The van der Waals surface area contributed by atoms with Gasteiger partial charge in [0.15, 0.2) is 23.0 Å². The van der Waals surface area contributed by atoms with Crippen molar-refractivity contribution in [2.24, 2.45) is 0 Å². The average Bonchev–Trinajstić information content (AvgIpc) is 3.08. The summed E-state index contributed by atoms with van der Waals surface area (Å²) in [6.45, 7) is 0.233. The van der Waals surface area contributed by atoms with Gasteiger partial charge in [-0.15, -0.1) is 0 Å². The number of para-hydroxylation sites is 1. The van der Waals surface area contributed by atoms with Crippen LogP contribution in [0.4, 0.5) is 16.2 Å². The number of methoxy groups -OCH3 is 4. The van der Waals surface area contributed by atoms with Crippen molar-refractivity contribution in [2.45, 2.75) is 6.54 Å². The number of urea groups is 1. The van der Waals surface area contributed by atoms with Crippen molar-refractivity contribution in [3.05, 3.63) is 119 Å². The lowest BCUT2D eigenvalue weighted by Crippen LogP contribution is -2.36. The van der Waals surface area contributed by atoms with Crippen molar-refractivity contribution in [3.63, 3.8) is 0 Å². The molecule has 0 atom stereocenters. The molecule has 44 heavy (non-hydrogen) atoms. The molecule has 0 saturated heterocycles. The van der Waals surface area contributed by atoms with E-state index in [-0.39, 0.29) is 18.1 Å². The molecule has 1 aromatic heterocycles. The molecule has 1 N–H and O–H groups in total. The topological polar surface area (TPSA) is 104 Å². The number of amides is 2.